The van der Waals surface area contributed by atoms with E-state index in [1.54, 1.807) is 13.8 Å². The number of sulfone groups is 1. The average Bonchev–Trinajstić information content (AvgIpc) is 3.36. The van der Waals surface area contributed by atoms with Crippen molar-refractivity contribution < 1.29 is 26.2 Å². The van der Waals surface area contributed by atoms with E-state index in [4.69, 9.17) is 4.52 Å². The summed E-state index contributed by atoms with van der Waals surface area (Å²) in [5, 5.41) is 3.75. The van der Waals surface area contributed by atoms with E-state index in [9.17, 15) is 21.6 Å². The number of ketones is 1. The fraction of sp³-hybridized carbons (Fsp3) is 0.619. The van der Waals surface area contributed by atoms with Crippen LogP contribution in [0.15, 0.2) is 15.5 Å². The Morgan fingerprint density at radius 1 is 1.15 bits per heavy atom. The Balaban J connectivity index is 1.42. The van der Waals surface area contributed by atoms with Gasteiger partial charge in [-0.2, -0.15) is 4.31 Å². The number of hydrogen-bond acceptors (Lipinski definition) is 8. The fourth-order valence-electron chi connectivity index (χ4n) is 4.99. The Hall–Kier alpha value is -2.02. The SMILES string of the molecule is Cc1noc(C)c1S(=O)(=O)N1CCN(CC(=O)c2cc(C)n([C@@H]3CCS(=O)(=O)C3)c2C)CC1. The minimum Gasteiger partial charge on any atom is -0.360 e. The van der Waals surface area contributed by atoms with Crippen LogP contribution in [0.1, 0.15) is 45.7 Å². The molecule has 2 fully saturated rings. The molecule has 0 saturated carbocycles. The highest BCUT2D eigenvalue weighted by molar-refractivity contribution is 7.91. The molecule has 4 rings (SSSR count). The molecule has 2 aromatic heterocycles. The number of rotatable bonds is 6. The first-order valence-corrected chi connectivity index (χ1v) is 14.2. The topological polar surface area (TPSA) is 123 Å². The number of hydrogen-bond donors (Lipinski definition) is 0. The second-order valence-electron chi connectivity index (χ2n) is 8.97. The Kier molecular flexibility index (Phi) is 6.31. The van der Waals surface area contributed by atoms with Crippen molar-refractivity contribution in [2.24, 2.45) is 0 Å². The maximum Gasteiger partial charge on any atom is 0.248 e. The van der Waals surface area contributed by atoms with Gasteiger partial charge < -0.3 is 9.09 Å². The molecule has 0 aromatic carbocycles. The summed E-state index contributed by atoms with van der Waals surface area (Å²) in [4.78, 5) is 15.1. The van der Waals surface area contributed by atoms with Crippen LogP contribution in [-0.2, 0) is 19.9 Å². The van der Waals surface area contributed by atoms with Gasteiger partial charge >= 0.3 is 0 Å². The third-order valence-corrected chi connectivity index (χ3v) is 10.5. The third kappa shape index (κ3) is 4.53. The monoisotopic (exact) mass is 498 g/mol. The molecule has 0 bridgehead atoms. The zero-order valence-corrected chi connectivity index (χ0v) is 21.0. The molecule has 2 aliphatic rings. The maximum atomic E-state index is 13.1. The van der Waals surface area contributed by atoms with E-state index in [1.807, 2.05) is 29.4 Å². The van der Waals surface area contributed by atoms with Gasteiger partial charge in [0.05, 0.1) is 18.1 Å². The molecule has 33 heavy (non-hydrogen) atoms. The van der Waals surface area contributed by atoms with Gasteiger partial charge in [0.15, 0.2) is 21.4 Å². The van der Waals surface area contributed by atoms with Crippen LogP contribution < -0.4 is 0 Å². The number of nitrogens with zero attached hydrogens (tertiary/aromatic N) is 4. The van der Waals surface area contributed by atoms with E-state index >= 15 is 0 Å². The molecule has 1 atom stereocenters. The highest BCUT2D eigenvalue weighted by atomic mass is 32.2. The molecule has 182 valence electrons. The summed E-state index contributed by atoms with van der Waals surface area (Å²) in [6.07, 6.45) is 0.563. The summed E-state index contributed by atoms with van der Waals surface area (Å²) in [5.74, 6) is 0.519. The lowest BCUT2D eigenvalue weighted by Crippen LogP contribution is -2.49. The Morgan fingerprint density at radius 3 is 2.36 bits per heavy atom. The standard InChI is InChI=1S/C21H30N4O6S2/c1-14-11-19(16(3)25(14)18-5-10-32(27,28)13-18)20(26)12-23-6-8-24(9-7-23)33(29,30)21-15(2)22-31-17(21)4/h11,18H,5-10,12-13H2,1-4H3/t18-/m1/s1. The summed E-state index contributed by atoms with van der Waals surface area (Å²) in [5.41, 5.74) is 2.62. The highest BCUT2D eigenvalue weighted by Crippen LogP contribution is 2.29. The van der Waals surface area contributed by atoms with E-state index in [2.05, 4.69) is 5.16 Å². The van der Waals surface area contributed by atoms with Crippen molar-refractivity contribution in [3.63, 3.8) is 0 Å². The van der Waals surface area contributed by atoms with Gasteiger partial charge in [0, 0.05) is 49.2 Å². The second-order valence-corrected chi connectivity index (χ2v) is 13.1. The highest BCUT2D eigenvalue weighted by Gasteiger charge is 2.35. The number of aromatic nitrogens is 2. The predicted molar refractivity (Wildman–Crippen MR) is 122 cm³/mol. The summed E-state index contributed by atoms with van der Waals surface area (Å²) >= 11 is 0. The summed E-state index contributed by atoms with van der Waals surface area (Å²) in [7, 11) is -6.73. The van der Waals surface area contributed by atoms with E-state index in [-0.39, 0.29) is 53.6 Å². The number of aryl methyl sites for hydroxylation is 3. The second kappa shape index (κ2) is 8.64. The van der Waals surface area contributed by atoms with Crippen molar-refractivity contribution >= 4 is 25.6 Å². The zero-order chi connectivity index (χ0) is 24.1. The molecule has 10 nitrogen and oxygen atoms in total. The molecule has 2 saturated heterocycles. The quantitative estimate of drug-likeness (QED) is 0.546. The van der Waals surface area contributed by atoms with Crippen LogP contribution in [0.2, 0.25) is 0 Å². The van der Waals surface area contributed by atoms with Crippen molar-refractivity contribution in [3.05, 3.63) is 34.5 Å². The van der Waals surface area contributed by atoms with Crippen LogP contribution in [0.5, 0.6) is 0 Å². The molecule has 0 N–H and O–H groups in total. The minimum absolute atomic E-state index is 0.0442. The van der Waals surface area contributed by atoms with Gasteiger partial charge in [0.1, 0.15) is 10.6 Å². The van der Waals surface area contributed by atoms with Crippen molar-refractivity contribution in [1.29, 1.82) is 0 Å². The summed E-state index contributed by atoms with van der Waals surface area (Å²) in [6, 6.07) is 1.70. The van der Waals surface area contributed by atoms with E-state index in [0.717, 1.165) is 11.4 Å². The van der Waals surface area contributed by atoms with Gasteiger partial charge in [0.2, 0.25) is 10.0 Å². The fourth-order valence-corrected chi connectivity index (χ4v) is 8.40. The van der Waals surface area contributed by atoms with E-state index in [0.29, 0.717) is 30.8 Å². The Labute approximate surface area is 194 Å². The molecule has 0 amide bonds. The van der Waals surface area contributed by atoms with Gasteiger partial charge in [-0.3, -0.25) is 9.69 Å². The molecule has 2 aliphatic heterocycles. The molecule has 0 aliphatic carbocycles. The summed E-state index contributed by atoms with van der Waals surface area (Å²) in [6.45, 7) is 8.56. The Morgan fingerprint density at radius 2 is 1.82 bits per heavy atom. The van der Waals surface area contributed by atoms with Gasteiger partial charge in [-0.25, -0.2) is 16.8 Å². The molecular weight excluding hydrogens is 468 g/mol. The van der Waals surface area contributed by atoms with E-state index < -0.39 is 19.9 Å². The number of carbonyl (C=O) groups excluding carboxylic acids is 1. The van der Waals surface area contributed by atoms with Crippen LogP contribution in [0, 0.1) is 27.7 Å². The van der Waals surface area contributed by atoms with Crippen molar-refractivity contribution in [2.45, 2.75) is 45.1 Å². The number of sulfonamides is 1. The first-order valence-electron chi connectivity index (χ1n) is 11.0. The van der Waals surface area contributed by atoms with Crippen LogP contribution in [0.25, 0.3) is 0 Å². The van der Waals surface area contributed by atoms with Gasteiger partial charge in [-0.15, -0.1) is 0 Å². The number of carbonyl (C=O) groups is 1. The molecule has 0 unspecified atom stereocenters. The first kappa shape index (κ1) is 24.1. The van der Waals surface area contributed by atoms with Crippen LogP contribution >= 0.6 is 0 Å². The number of Topliss-reactive ketones (excluding diaryl/α,β-unsaturated/α-hetero) is 1. The third-order valence-electron chi connectivity index (χ3n) is 6.62. The van der Waals surface area contributed by atoms with Crippen molar-refractivity contribution in [1.82, 2.24) is 18.9 Å². The molecule has 0 spiro atoms. The summed E-state index contributed by atoms with van der Waals surface area (Å²) < 4.78 is 58.2. The van der Waals surface area contributed by atoms with Gasteiger partial charge in [-0.05, 0) is 40.2 Å². The van der Waals surface area contributed by atoms with Crippen LogP contribution in [0.4, 0.5) is 0 Å². The lowest BCUT2D eigenvalue weighted by Gasteiger charge is -2.33. The lowest BCUT2D eigenvalue weighted by molar-refractivity contribution is 0.0901. The predicted octanol–water partition coefficient (Wildman–Crippen LogP) is 1.26. The molecule has 0 radical (unpaired) electrons. The molecule has 12 heteroatoms. The van der Waals surface area contributed by atoms with Crippen LogP contribution in [-0.4, -0.2) is 85.8 Å². The Bertz CT molecular complexity index is 1260. The molecular formula is C21H30N4O6S2. The van der Waals surface area contributed by atoms with Crippen molar-refractivity contribution in [3.8, 4) is 0 Å². The van der Waals surface area contributed by atoms with Crippen LogP contribution in [0.3, 0.4) is 0 Å². The molecule has 2 aromatic rings. The average molecular weight is 499 g/mol. The minimum atomic E-state index is -3.70. The van der Waals surface area contributed by atoms with E-state index in [1.165, 1.54) is 4.31 Å². The first-order chi connectivity index (χ1) is 15.4. The maximum absolute atomic E-state index is 13.1. The normalized spacial score (nSPS) is 22.1. The largest absolute Gasteiger partial charge is 0.360 e. The smallest absolute Gasteiger partial charge is 0.248 e. The zero-order valence-electron chi connectivity index (χ0n) is 19.4. The van der Waals surface area contributed by atoms with Crippen molar-refractivity contribution in [2.75, 3.05) is 44.2 Å². The van der Waals surface area contributed by atoms with Gasteiger partial charge in [-0.1, -0.05) is 5.16 Å². The lowest BCUT2D eigenvalue weighted by atomic mass is 10.1. The number of piperazine rings is 1. The molecule has 4 heterocycles. The van der Waals surface area contributed by atoms with Gasteiger partial charge in [0.25, 0.3) is 0 Å².